The summed E-state index contributed by atoms with van der Waals surface area (Å²) < 4.78 is 10.4. The Morgan fingerprint density at radius 2 is 2.10 bits per heavy atom. The van der Waals surface area contributed by atoms with Crippen LogP contribution < -0.4 is 5.46 Å². The van der Waals surface area contributed by atoms with E-state index in [2.05, 4.69) is 0 Å². The Balaban J connectivity index is 3.05. The summed E-state index contributed by atoms with van der Waals surface area (Å²) in [6, 6.07) is 6.54. The van der Waals surface area contributed by atoms with Crippen molar-refractivity contribution in [1.29, 1.82) is 0 Å². The van der Waals surface area contributed by atoms with Crippen molar-refractivity contribution in [2.45, 2.75) is 26.9 Å². The van der Waals surface area contributed by atoms with Crippen molar-refractivity contribution in [1.82, 2.24) is 0 Å². The van der Waals surface area contributed by atoms with Crippen LogP contribution in [0.4, 0.5) is 0 Å². The van der Waals surface area contributed by atoms with Gasteiger partial charge < -0.3 is 19.5 Å². The summed E-state index contributed by atoms with van der Waals surface area (Å²) in [4.78, 5) is 11.8. The van der Waals surface area contributed by atoms with E-state index in [1.807, 2.05) is 0 Å². The first-order valence-electron chi connectivity index (χ1n) is 6.45. The van der Waals surface area contributed by atoms with Crippen LogP contribution in [0.2, 0.25) is 0 Å². The first-order chi connectivity index (χ1) is 9.43. The molecule has 0 bridgehead atoms. The van der Waals surface area contributed by atoms with Gasteiger partial charge in [-0.3, -0.25) is 0 Å². The second-order valence-corrected chi connectivity index (χ2v) is 4.44. The molecule has 0 unspecified atom stereocenters. The number of carbonyl (C=O) groups is 1. The summed E-state index contributed by atoms with van der Waals surface area (Å²) in [6.07, 6.45) is 1.35. The second kappa shape index (κ2) is 7.72. The maximum Gasteiger partial charge on any atom is 0.488 e. The zero-order valence-electron chi connectivity index (χ0n) is 11.9. The summed E-state index contributed by atoms with van der Waals surface area (Å²) in [7, 11) is -1.56. The second-order valence-electron chi connectivity index (χ2n) is 4.44. The van der Waals surface area contributed by atoms with Crippen LogP contribution in [-0.2, 0) is 14.3 Å². The Hall–Kier alpha value is -1.79. The number of rotatable bonds is 6. The van der Waals surface area contributed by atoms with Gasteiger partial charge >= 0.3 is 13.1 Å². The molecule has 0 amide bonds. The molecule has 0 heterocycles. The highest BCUT2D eigenvalue weighted by atomic mass is 16.6. The van der Waals surface area contributed by atoms with Gasteiger partial charge in [0.15, 0.2) is 0 Å². The molecule has 0 aliphatic carbocycles. The summed E-state index contributed by atoms with van der Waals surface area (Å²) >= 11 is 0. The van der Waals surface area contributed by atoms with Crippen LogP contribution in [0, 0.1) is 0 Å². The van der Waals surface area contributed by atoms with E-state index in [4.69, 9.17) is 19.5 Å². The average molecular weight is 278 g/mol. The van der Waals surface area contributed by atoms with E-state index in [1.54, 1.807) is 45.0 Å². The first kappa shape index (κ1) is 16.3. The smallest absolute Gasteiger partial charge is 0.484 e. The van der Waals surface area contributed by atoms with Crippen LogP contribution in [0.3, 0.4) is 0 Å². The third-order valence-electron chi connectivity index (χ3n) is 2.35. The lowest BCUT2D eigenvalue weighted by Crippen LogP contribution is -2.29. The van der Waals surface area contributed by atoms with E-state index in [0.717, 1.165) is 0 Å². The Bertz CT molecular complexity index is 482. The normalized spacial score (nSPS) is 11.4. The Labute approximate surface area is 119 Å². The van der Waals surface area contributed by atoms with E-state index >= 15 is 0 Å². The minimum Gasteiger partial charge on any atom is -0.484 e. The molecule has 108 valence electrons. The number of benzene rings is 1. The van der Waals surface area contributed by atoms with Gasteiger partial charge in [0.05, 0.1) is 12.7 Å². The van der Waals surface area contributed by atoms with Gasteiger partial charge in [0.2, 0.25) is 5.76 Å². The molecule has 0 aromatic heterocycles. The quantitative estimate of drug-likeness (QED) is 0.346. The molecule has 0 spiro atoms. The molecule has 1 aromatic rings. The minimum absolute atomic E-state index is 0.0893. The van der Waals surface area contributed by atoms with Crippen LogP contribution in [-0.4, -0.2) is 35.8 Å². The topological polar surface area (TPSA) is 76.0 Å². The van der Waals surface area contributed by atoms with E-state index < -0.39 is 13.1 Å². The van der Waals surface area contributed by atoms with Gasteiger partial charge in [-0.1, -0.05) is 24.3 Å². The van der Waals surface area contributed by atoms with Gasteiger partial charge in [-0.2, -0.15) is 0 Å². The molecule has 0 atom stereocenters. The zero-order valence-corrected chi connectivity index (χ0v) is 11.9. The molecular weight excluding hydrogens is 259 g/mol. The van der Waals surface area contributed by atoms with Gasteiger partial charge in [-0.15, -0.1) is 0 Å². The Kier molecular flexibility index (Phi) is 6.28. The summed E-state index contributed by atoms with van der Waals surface area (Å²) in [6.45, 7) is 5.59. The number of esters is 1. The molecule has 1 rings (SSSR count). The number of ether oxygens (including phenoxy) is 2. The van der Waals surface area contributed by atoms with Gasteiger partial charge in [0, 0.05) is 0 Å². The summed E-state index contributed by atoms with van der Waals surface area (Å²) in [5.74, 6) is -0.456. The lowest BCUT2D eigenvalue weighted by atomic mass is 9.79. The maximum atomic E-state index is 11.8. The van der Waals surface area contributed by atoms with Crippen molar-refractivity contribution in [3.8, 4) is 0 Å². The van der Waals surface area contributed by atoms with Crippen LogP contribution >= 0.6 is 0 Å². The highest BCUT2D eigenvalue weighted by Crippen LogP contribution is 2.11. The SMILES string of the molecule is CCOC(=O)/C(=C/c1cccc(B(O)O)c1)OC(C)C. The predicted octanol–water partition coefficient (Wildman–Crippen LogP) is 0.695. The fourth-order valence-electron chi connectivity index (χ4n) is 1.56. The molecule has 0 radical (unpaired) electrons. The van der Waals surface area contributed by atoms with Gasteiger partial charge in [-0.05, 0) is 37.9 Å². The van der Waals surface area contributed by atoms with Gasteiger partial charge in [-0.25, -0.2) is 4.79 Å². The highest BCUT2D eigenvalue weighted by Gasteiger charge is 2.15. The fourth-order valence-corrected chi connectivity index (χ4v) is 1.56. The number of hydrogen-bond acceptors (Lipinski definition) is 5. The maximum absolute atomic E-state index is 11.8. The molecule has 1 aromatic carbocycles. The third kappa shape index (κ3) is 5.07. The van der Waals surface area contributed by atoms with E-state index in [0.29, 0.717) is 11.0 Å². The van der Waals surface area contributed by atoms with Crippen molar-refractivity contribution in [2.75, 3.05) is 6.61 Å². The minimum atomic E-state index is -1.56. The highest BCUT2D eigenvalue weighted by molar-refractivity contribution is 6.58. The first-order valence-corrected chi connectivity index (χ1v) is 6.45. The van der Waals surface area contributed by atoms with Crippen molar-refractivity contribution >= 4 is 24.6 Å². The molecule has 0 fully saturated rings. The van der Waals surface area contributed by atoms with Crippen LogP contribution in [0.5, 0.6) is 0 Å². The fraction of sp³-hybridized carbons (Fsp3) is 0.357. The monoisotopic (exact) mass is 278 g/mol. The van der Waals surface area contributed by atoms with Crippen molar-refractivity contribution in [2.24, 2.45) is 0 Å². The predicted molar refractivity (Wildman–Crippen MR) is 77.1 cm³/mol. The number of carbonyl (C=O) groups excluding carboxylic acids is 1. The molecule has 5 nitrogen and oxygen atoms in total. The molecule has 2 N–H and O–H groups in total. The summed E-state index contributed by atoms with van der Waals surface area (Å²) in [5, 5.41) is 18.3. The van der Waals surface area contributed by atoms with Gasteiger partial charge in [0.25, 0.3) is 0 Å². The van der Waals surface area contributed by atoms with Crippen LogP contribution in [0.25, 0.3) is 6.08 Å². The zero-order chi connectivity index (χ0) is 15.1. The lowest BCUT2D eigenvalue weighted by molar-refractivity contribution is -0.143. The molecule has 0 saturated carbocycles. The molecule has 6 heteroatoms. The number of hydrogen-bond donors (Lipinski definition) is 2. The van der Waals surface area contributed by atoms with E-state index in [1.165, 1.54) is 6.08 Å². The lowest BCUT2D eigenvalue weighted by Gasteiger charge is -2.12. The molecule has 20 heavy (non-hydrogen) atoms. The Morgan fingerprint density at radius 1 is 1.40 bits per heavy atom. The van der Waals surface area contributed by atoms with Crippen LogP contribution in [0.15, 0.2) is 30.0 Å². The van der Waals surface area contributed by atoms with E-state index in [9.17, 15) is 4.79 Å². The average Bonchev–Trinajstić information content (AvgIpc) is 2.38. The third-order valence-corrected chi connectivity index (χ3v) is 2.35. The van der Waals surface area contributed by atoms with E-state index in [-0.39, 0.29) is 18.5 Å². The molecule has 0 aliphatic rings. The summed E-state index contributed by atoms with van der Waals surface area (Å²) in [5.41, 5.74) is 0.964. The standard InChI is InChI=1S/C14H19BO5/c1-4-19-14(16)13(20-10(2)3)9-11-6-5-7-12(8-11)15(17)18/h5-10,17-18H,4H2,1-3H3/b13-9-. The molecular formula is C14H19BO5. The Morgan fingerprint density at radius 3 is 2.65 bits per heavy atom. The van der Waals surface area contributed by atoms with Crippen molar-refractivity contribution in [3.05, 3.63) is 35.6 Å². The molecule has 0 saturated heterocycles. The molecule has 0 aliphatic heterocycles. The largest absolute Gasteiger partial charge is 0.488 e. The van der Waals surface area contributed by atoms with Crippen molar-refractivity contribution < 1.29 is 24.3 Å². The van der Waals surface area contributed by atoms with Gasteiger partial charge in [0.1, 0.15) is 0 Å². The van der Waals surface area contributed by atoms with Crippen LogP contribution in [0.1, 0.15) is 26.3 Å². The van der Waals surface area contributed by atoms with Crippen molar-refractivity contribution in [3.63, 3.8) is 0 Å².